The second-order valence-electron chi connectivity index (χ2n) is 5.15. The van der Waals surface area contributed by atoms with Crippen LogP contribution in [0.5, 0.6) is 5.75 Å². The zero-order valence-corrected chi connectivity index (χ0v) is 12.6. The number of aliphatic hydroxyl groups is 1. The van der Waals surface area contributed by atoms with E-state index in [4.69, 9.17) is 4.74 Å². The lowest BCUT2D eigenvalue weighted by atomic mass is 9.92. The first-order valence-electron chi connectivity index (χ1n) is 7.01. The lowest BCUT2D eigenvalue weighted by molar-refractivity contribution is -0.384. The predicted molar refractivity (Wildman–Crippen MR) is 84.2 cm³/mol. The van der Waals surface area contributed by atoms with Gasteiger partial charge in [-0.1, -0.05) is 30.3 Å². The third kappa shape index (κ3) is 2.61. The van der Waals surface area contributed by atoms with E-state index in [0.29, 0.717) is 16.7 Å². The first-order valence-corrected chi connectivity index (χ1v) is 7.01. The fourth-order valence-corrected chi connectivity index (χ4v) is 2.50. The molecule has 7 nitrogen and oxygen atoms in total. The molecule has 0 saturated carbocycles. The Morgan fingerprint density at radius 3 is 2.58 bits per heavy atom. The van der Waals surface area contributed by atoms with Gasteiger partial charge < -0.3 is 14.6 Å². The second-order valence-corrected chi connectivity index (χ2v) is 5.15. The standard InChI is InChI=1S/C17H13NO6/c1-23-16(19)17(20)10-14(11-5-3-2-4-6-11)13-9-12(18(21)22)7-8-15(13)24-17/h2-10,20H,1H3. The normalized spacial score (nSPS) is 18.8. The van der Waals surface area contributed by atoms with Gasteiger partial charge in [0.05, 0.1) is 12.0 Å². The molecular formula is C17H13NO6. The Morgan fingerprint density at radius 1 is 1.25 bits per heavy atom. The average Bonchev–Trinajstić information content (AvgIpc) is 2.60. The Balaban J connectivity index is 2.22. The van der Waals surface area contributed by atoms with Crippen molar-refractivity contribution in [3.8, 4) is 5.75 Å². The number of non-ortho nitro benzene ring substituents is 1. The molecule has 1 aliphatic heterocycles. The van der Waals surface area contributed by atoms with Crippen LogP contribution in [0.2, 0.25) is 0 Å². The van der Waals surface area contributed by atoms with Crippen molar-refractivity contribution in [3.63, 3.8) is 0 Å². The largest absolute Gasteiger partial charge is 0.464 e. The molecule has 0 bridgehead atoms. The van der Waals surface area contributed by atoms with E-state index >= 15 is 0 Å². The van der Waals surface area contributed by atoms with Crippen LogP contribution in [0.4, 0.5) is 5.69 Å². The summed E-state index contributed by atoms with van der Waals surface area (Å²) >= 11 is 0. The monoisotopic (exact) mass is 327 g/mol. The summed E-state index contributed by atoms with van der Waals surface area (Å²) in [5.74, 6) is -3.14. The summed E-state index contributed by atoms with van der Waals surface area (Å²) in [4.78, 5) is 22.4. The number of carbonyl (C=O) groups excluding carboxylic acids is 1. The molecule has 0 saturated heterocycles. The molecule has 0 fully saturated rings. The van der Waals surface area contributed by atoms with Crippen LogP contribution in [0.1, 0.15) is 11.1 Å². The van der Waals surface area contributed by atoms with Crippen LogP contribution in [0, 0.1) is 10.1 Å². The van der Waals surface area contributed by atoms with E-state index in [1.807, 2.05) is 6.07 Å². The van der Waals surface area contributed by atoms with Gasteiger partial charge >= 0.3 is 11.8 Å². The average molecular weight is 327 g/mol. The maximum absolute atomic E-state index is 11.9. The van der Waals surface area contributed by atoms with Crippen molar-refractivity contribution < 1.29 is 24.3 Å². The molecule has 0 spiro atoms. The minimum Gasteiger partial charge on any atom is -0.464 e. The van der Waals surface area contributed by atoms with Crippen LogP contribution < -0.4 is 4.74 Å². The van der Waals surface area contributed by atoms with Gasteiger partial charge in [0.25, 0.3) is 5.69 Å². The molecule has 24 heavy (non-hydrogen) atoms. The maximum Gasteiger partial charge on any atom is 0.383 e. The molecule has 0 amide bonds. The van der Waals surface area contributed by atoms with Gasteiger partial charge in [0, 0.05) is 23.8 Å². The van der Waals surface area contributed by atoms with E-state index in [2.05, 4.69) is 4.74 Å². The van der Waals surface area contributed by atoms with Crippen molar-refractivity contribution >= 4 is 17.2 Å². The zero-order chi connectivity index (χ0) is 17.3. The summed E-state index contributed by atoms with van der Waals surface area (Å²) in [5, 5.41) is 21.5. The number of fused-ring (bicyclic) bond motifs is 1. The molecule has 3 rings (SSSR count). The van der Waals surface area contributed by atoms with Gasteiger partial charge in [0.2, 0.25) is 0 Å². The van der Waals surface area contributed by atoms with Gasteiger partial charge in [-0.25, -0.2) is 4.79 Å². The number of hydrogen-bond acceptors (Lipinski definition) is 6. The molecule has 1 aliphatic rings. The third-order valence-corrected chi connectivity index (χ3v) is 3.63. The van der Waals surface area contributed by atoms with Crippen molar-refractivity contribution in [3.05, 3.63) is 75.8 Å². The molecule has 0 aliphatic carbocycles. The minimum atomic E-state index is -2.30. The first kappa shape index (κ1) is 15.7. The van der Waals surface area contributed by atoms with Gasteiger partial charge in [0.15, 0.2) is 0 Å². The molecule has 0 radical (unpaired) electrons. The Morgan fingerprint density at radius 2 is 1.96 bits per heavy atom. The Bertz CT molecular complexity index is 845. The zero-order valence-electron chi connectivity index (χ0n) is 12.6. The lowest BCUT2D eigenvalue weighted by Crippen LogP contribution is -2.45. The number of methoxy groups -OCH3 is 1. The van der Waals surface area contributed by atoms with E-state index < -0.39 is 16.7 Å². The summed E-state index contributed by atoms with van der Waals surface area (Å²) in [6.45, 7) is 0. The minimum absolute atomic E-state index is 0.123. The van der Waals surface area contributed by atoms with Gasteiger partial charge in [0.1, 0.15) is 5.75 Å². The number of nitrogens with zero attached hydrogens (tertiary/aromatic N) is 1. The topological polar surface area (TPSA) is 98.9 Å². The molecule has 2 aromatic carbocycles. The molecule has 1 N–H and O–H groups in total. The Labute approximate surface area is 136 Å². The summed E-state index contributed by atoms with van der Waals surface area (Å²) in [5.41, 5.74) is 1.39. The predicted octanol–water partition coefficient (Wildman–Crippen LogP) is 2.28. The van der Waals surface area contributed by atoms with Gasteiger partial charge in [-0.3, -0.25) is 10.1 Å². The van der Waals surface area contributed by atoms with Crippen LogP contribution in [0.3, 0.4) is 0 Å². The summed E-state index contributed by atoms with van der Waals surface area (Å²) in [6.07, 6.45) is 1.19. The highest BCUT2D eigenvalue weighted by Gasteiger charge is 2.42. The van der Waals surface area contributed by atoms with Crippen LogP contribution in [-0.2, 0) is 9.53 Å². The van der Waals surface area contributed by atoms with Crippen molar-refractivity contribution in [2.24, 2.45) is 0 Å². The van der Waals surface area contributed by atoms with Gasteiger partial charge in [-0.05, 0) is 17.2 Å². The molecule has 1 heterocycles. The number of hydrogen-bond donors (Lipinski definition) is 1. The SMILES string of the molecule is COC(=O)C1(O)C=C(c2ccccc2)c2cc([N+](=O)[O-])ccc2O1. The molecule has 2 aromatic rings. The van der Waals surface area contributed by atoms with Crippen LogP contribution in [0.15, 0.2) is 54.6 Å². The van der Waals surface area contributed by atoms with Crippen LogP contribution in [-0.4, -0.2) is 28.9 Å². The molecule has 0 aromatic heterocycles. The smallest absolute Gasteiger partial charge is 0.383 e. The summed E-state index contributed by atoms with van der Waals surface area (Å²) in [6, 6.07) is 12.8. The number of ether oxygens (including phenoxy) is 2. The molecular weight excluding hydrogens is 314 g/mol. The number of esters is 1. The van der Waals surface area contributed by atoms with Crippen molar-refractivity contribution in [1.82, 2.24) is 0 Å². The van der Waals surface area contributed by atoms with E-state index in [1.54, 1.807) is 24.3 Å². The number of nitro groups is 1. The van der Waals surface area contributed by atoms with Crippen molar-refractivity contribution in [2.75, 3.05) is 7.11 Å². The quantitative estimate of drug-likeness (QED) is 0.527. The summed E-state index contributed by atoms with van der Waals surface area (Å²) in [7, 11) is 1.13. The molecule has 7 heteroatoms. The highest BCUT2D eigenvalue weighted by Crippen LogP contribution is 2.40. The van der Waals surface area contributed by atoms with E-state index in [-0.39, 0.29) is 11.4 Å². The van der Waals surface area contributed by atoms with E-state index in [0.717, 1.165) is 7.11 Å². The Hall–Kier alpha value is -3.19. The lowest BCUT2D eigenvalue weighted by Gasteiger charge is -2.30. The number of carbonyl (C=O) groups is 1. The third-order valence-electron chi connectivity index (χ3n) is 3.63. The van der Waals surface area contributed by atoms with E-state index in [9.17, 15) is 20.0 Å². The molecule has 1 atom stereocenters. The maximum atomic E-state index is 11.9. The van der Waals surface area contributed by atoms with Gasteiger partial charge in [-0.15, -0.1) is 0 Å². The fraction of sp³-hybridized carbons (Fsp3) is 0.118. The number of benzene rings is 2. The van der Waals surface area contributed by atoms with E-state index in [1.165, 1.54) is 24.3 Å². The van der Waals surface area contributed by atoms with Crippen LogP contribution >= 0.6 is 0 Å². The first-order chi connectivity index (χ1) is 11.4. The Kier molecular flexibility index (Phi) is 3.78. The number of rotatable bonds is 3. The van der Waals surface area contributed by atoms with Gasteiger partial charge in [-0.2, -0.15) is 0 Å². The molecule has 122 valence electrons. The van der Waals surface area contributed by atoms with Crippen LogP contribution in [0.25, 0.3) is 5.57 Å². The fourth-order valence-electron chi connectivity index (χ4n) is 2.50. The summed E-state index contributed by atoms with van der Waals surface area (Å²) < 4.78 is 9.93. The highest BCUT2D eigenvalue weighted by molar-refractivity contribution is 5.91. The van der Waals surface area contributed by atoms with Crippen molar-refractivity contribution in [1.29, 1.82) is 0 Å². The van der Waals surface area contributed by atoms with Crippen molar-refractivity contribution in [2.45, 2.75) is 5.79 Å². The highest BCUT2D eigenvalue weighted by atomic mass is 16.7. The second kappa shape index (κ2) is 5.78. The number of nitro benzene ring substituents is 1. The molecule has 1 unspecified atom stereocenters.